The molecular weight excluding hydrogens is 997 g/mol. The molecule has 81 heavy (non-hydrogen) atoms. The van der Waals surface area contributed by atoms with Crippen LogP contribution in [0.4, 0.5) is 0 Å². The zero-order valence-corrected chi connectivity index (χ0v) is 54.1. The maximum absolute atomic E-state index is 12.9. The number of rotatable bonds is 65. The maximum Gasteiger partial charge on any atom is 0.306 e. The molecule has 0 aromatic carbocycles. The fourth-order valence-electron chi connectivity index (χ4n) is 10.3. The van der Waals surface area contributed by atoms with Crippen molar-refractivity contribution < 1.29 is 28.6 Å². The molecule has 0 bridgehead atoms. The average molecular weight is 1130 g/mol. The minimum atomic E-state index is -0.783. The molecule has 0 aliphatic carbocycles. The van der Waals surface area contributed by atoms with Gasteiger partial charge < -0.3 is 14.2 Å². The van der Waals surface area contributed by atoms with Crippen LogP contribution in [0.15, 0.2) is 72.9 Å². The standard InChI is InChI=1S/C75H134O6/c1-4-7-10-13-16-19-22-25-27-29-31-33-34-35-36-37-38-39-40-42-43-45-47-50-53-56-59-62-65-68-74(77)80-71-72(70-79-73(76)67-64-61-58-55-52-49-24-21-18-15-12-9-6-3)81-75(78)69-66-63-60-57-54-51-48-46-44-41-32-30-28-26-23-20-17-14-11-8-5-2/h12,15,21-22,24-25,29-32,34-35,72H,4-11,13-14,16-20,23,26-28,33,36-71H2,1-3H3/b15-12-,24-21-,25-22-,31-29-,32-30-,35-34-. The largest absolute Gasteiger partial charge is 0.462 e. The number of unbranched alkanes of at least 4 members (excludes halogenated alkanes) is 42. The van der Waals surface area contributed by atoms with Gasteiger partial charge in [0.2, 0.25) is 0 Å². The van der Waals surface area contributed by atoms with Gasteiger partial charge in [0.15, 0.2) is 6.10 Å². The van der Waals surface area contributed by atoms with Gasteiger partial charge in [0, 0.05) is 19.3 Å². The lowest BCUT2D eigenvalue weighted by Crippen LogP contribution is -2.30. The third-order valence-corrected chi connectivity index (χ3v) is 15.6. The highest BCUT2D eigenvalue weighted by Gasteiger charge is 2.19. The van der Waals surface area contributed by atoms with Crippen molar-refractivity contribution in [3.8, 4) is 0 Å². The van der Waals surface area contributed by atoms with Gasteiger partial charge in [-0.2, -0.15) is 0 Å². The van der Waals surface area contributed by atoms with Crippen LogP contribution in [0.5, 0.6) is 0 Å². The Balaban J connectivity index is 4.24. The summed E-state index contributed by atoms with van der Waals surface area (Å²) in [5.74, 6) is -0.877. The lowest BCUT2D eigenvalue weighted by molar-refractivity contribution is -0.167. The Hall–Kier alpha value is -3.15. The Morgan fingerprint density at radius 3 is 0.753 bits per heavy atom. The van der Waals surface area contributed by atoms with Crippen LogP contribution in [0.3, 0.4) is 0 Å². The van der Waals surface area contributed by atoms with Gasteiger partial charge in [-0.15, -0.1) is 0 Å². The van der Waals surface area contributed by atoms with E-state index in [-0.39, 0.29) is 31.1 Å². The molecule has 0 spiro atoms. The minimum Gasteiger partial charge on any atom is -0.462 e. The number of hydrogen-bond acceptors (Lipinski definition) is 6. The van der Waals surface area contributed by atoms with Gasteiger partial charge in [0.25, 0.3) is 0 Å². The molecule has 0 fully saturated rings. The van der Waals surface area contributed by atoms with Crippen molar-refractivity contribution in [3.63, 3.8) is 0 Å². The van der Waals surface area contributed by atoms with Crippen molar-refractivity contribution in [1.82, 2.24) is 0 Å². The molecule has 0 amide bonds. The van der Waals surface area contributed by atoms with E-state index in [1.807, 2.05) is 0 Å². The Labute approximate surface area is 503 Å². The van der Waals surface area contributed by atoms with Crippen LogP contribution in [-0.4, -0.2) is 37.2 Å². The fourth-order valence-corrected chi connectivity index (χ4v) is 10.3. The Morgan fingerprint density at radius 2 is 0.469 bits per heavy atom. The Morgan fingerprint density at radius 1 is 0.247 bits per heavy atom. The lowest BCUT2D eigenvalue weighted by atomic mass is 10.0. The highest BCUT2D eigenvalue weighted by Crippen LogP contribution is 2.17. The molecule has 0 saturated carbocycles. The third kappa shape index (κ3) is 67.5. The summed E-state index contributed by atoms with van der Waals surface area (Å²) in [5.41, 5.74) is 0. The van der Waals surface area contributed by atoms with Gasteiger partial charge in [-0.05, 0) is 109 Å². The van der Waals surface area contributed by atoms with Crippen LogP contribution < -0.4 is 0 Å². The molecule has 0 aromatic rings. The molecule has 0 saturated heterocycles. The molecule has 1 atom stereocenters. The molecule has 6 nitrogen and oxygen atoms in total. The number of allylic oxidation sites excluding steroid dienone is 12. The van der Waals surface area contributed by atoms with Crippen molar-refractivity contribution in [2.45, 2.75) is 374 Å². The van der Waals surface area contributed by atoms with Gasteiger partial charge in [-0.3, -0.25) is 14.4 Å². The summed E-state index contributed by atoms with van der Waals surface area (Å²) in [4.78, 5) is 38.4. The topological polar surface area (TPSA) is 78.9 Å². The Bertz CT molecular complexity index is 1490. The third-order valence-electron chi connectivity index (χ3n) is 15.6. The van der Waals surface area contributed by atoms with Crippen molar-refractivity contribution in [2.24, 2.45) is 0 Å². The van der Waals surface area contributed by atoms with Crippen LogP contribution in [0.2, 0.25) is 0 Å². The van der Waals surface area contributed by atoms with Crippen LogP contribution in [-0.2, 0) is 28.6 Å². The molecule has 0 aliphatic heterocycles. The molecule has 0 aliphatic rings. The van der Waals surface area contributed by atoms with Crippen molar-refractivity contribution in [1.29, 1.82) is 0 Å². The van der Waals surface area contributed by atoms with E-state index >= 15 is 0 Å². The predicted octanol–water partition coefficient (Wildman–Crippen LogP) is 24.4. The average Bonchev–Trinajstić information content (AvgIpc) is 3.46. The van der Waals surface area contributed by atoms with Crippen LogP contribution in [0.1, 0.15) is 367 Å². The SMILES string of the molecule is CCC/C=C\C/C=C\CCCCCCCC(=O)OCC(COC(=O)CCCCCCCCCCCCCCCC/C=C\C/C=C\C/C=C\CCCCCCC)OC(=O)CCCCCCCCCCC/C=C\CCCCCCCCCC. The van der Waals surface area contributed by atoms with Crippen molar-refractivity contribution >= 4 is 17.9 Å². The van der Waals surface area contributed by atoms with Crippen LogP contribution in [0.25, 0.3) is 0 Å². The molecule has 6 heteroatoms. The number of ether oxygens (including phenoxy) is 3. The predicted molar refractivity (Wildman–Crippen MR) is 353 cm³/mol. The molecule has 0 radical (unpaired) electrons. The second kappa shape index (κ2) is 69.3. The number of hydrogen-bond donors (Lipinski definition) is 0. The first-order chi connectivity index (χ1) is 40.0. The van der Waals surface area contributed by atoms with Gasteiger partial charge in [0.05, 0.1) is 0 Å². The number of carbonyl (C=O) groups excluding carboxylic acids is 3. The summed E-state index contributed by atoms with van der Waals surface area (Å²) in [7, 11) is 0. The van der Waals surface area contributed by atoms with Crippen molar-refractivity contribution in [3.05, 3.63) is 72.9 Å². The first-order valence-corrected chi connectivity index (χ1v) is 35.4. The van der Waals surface area contributed by atoms with Gasteiger partial charge in [0.1, 0.15) is 13.2 Å². The number of carbonyl (C=O) groups is 3. The quantitative estimate of drug-likeness (QED) is 0.0261. The second-order valence-corrected chi connectivity index (χ2v) is 23.8. The molecule has 0 rings (SSSR count). The van der Waals surface area contributed by atoms with E-state index < -0.39 is 6.10 Å². The van der Waals surface area contributed by atoms with Crippen molar-refractivity contribution in [2.75, 3.05) is 13.2 Å². The second-order valence-electron chi connectivity index (χ2n) is 23.8. The first-order valence-electron chi connectivity index (χ1n) is 35.4. The summed E-state index contributed by atoms with van der Waals surface area (Å²) in [6.07, 6.45) is 90.7. The lowest BCUT2D eigenvalue weighted by Gasteiger charge is -2.18. The summed E-state index contributed by atoms with van der Waals surface area (Å²) >= 11 is 0. The van der Waals surface area contributed by atoms with Crippen LogP contribution >= 0.6 is 0 Å². The van der Waals surface area contributed by atoms with E-state index in [0.717, 1.165) is 96.3 Å². The zero-order valence-electron chi connectivity index (χ0n) is 54.1. The van der Waals surface area contributed by atoms with Gasteiger partial charge in [-0.1, -0.05) is 312 Å². The smallest absolute Gasteiger partial charge is 0.306 e. The van der Waals surface area contributed by atoms with E-state index in [2.05, 4.69) is 93.7 Å². The molecule has 1 unspecified atom stereocenters. The van der Waals surface area contributed by atoms with E-state index in [4.69, 9.17) is 14.2 Å². The minimum absolute atomic E-state index is 0.0786. The summed E-state index contributed by atoms with van der Waals surface area (Å²) in [6, 6.07) is 0. The zero-order chi connectivity index (χ0) is 58.5. The first kappa shape index (κ1) is 77.9. The summed E-state index contributed by atoms with van der Waals surface area (Å²) in [6.45, 7) is 6.60. The van der Waals surface area contributed by atoms with Gasteiger partial charge >= 0.3 is 17.9 Å². The van der Waals surface area contributed by atoms with E-state index in [1.165, 1.54) is 231 Å². The maximum atomic E-state index is 12.9. The van der Waals surface area contributed by atoms with Gasteiger partial charge in [-0.25, -0.2) is 0 Å². The molecule has 470 valence electrons. The van der Waals surface area contributed by atoms with E-state index in [9.17, 15) is 14.4 Å². The summed E-state index contributed by atoms with van der Waals surface area (Å²) in [5, 5.41) is 0. The van der Waals surface area contributed by atoms with E-state index in [0.29, 0.717) is 19.3 Å². The highest BCUT2D eigenvalue weighted by molar-refractivity contribution is 5.71. The molecule has 0 heterocycles. The highest BCUT2D eigenvalue weighted by atomic mass is 16.6. The normalized spacial score (nSPS) is 12.5. The molecule has 0 aromatic heterocycles. The van der Waals surface area contributed by atoms with Crippen LogP contribution in [0, 0.1) is 0 Å². The molecule has 0 N–H and O–H groups in total. The Kier molecular flexibility index (Phi) is 66.6. The summed E-state index contributed by atoms with van der Waals surface area (Å²) < 4.78 is 17.0. The van der Waals surface area contributed by atoms with E-state index in [1.54, 1.807) is 0 Å². The molecular formula is C75H134O6. The fraction of sp³-hybridized carbons (Fsp3) is 0.800. The number of esters is 3. The monoisotopic (exact) mass is 1130 g/mol.